The molecule has 2 fully saturated rings. The number of carboxylic acids is 2. The number of ether oxygens (including phenoxy) is 2. The maximum Gasteiger partial charge on any atom is 0.490 e. The van der Waals surface area contributed by atoms with Crippen LogP contribution in [0.4, 0.5) is 32.3 Å². The van der Waals surface area contributed by atoms with Crippen molar-refractivity contribution in [1.29, 1.82) is 0 Å². The van der Waals surface area contributed by atoms with Crippen molar-refractivity contribution < 1.29 is 55.6 Å². The number of anilines is 1. The van der Waals surface area contributed by atoms with Crippen LogP contribution in [0.2, 0.25) is 0 Å². The lowest BCUT2D eigenvalue weighted by atomic mass is 9.89. The van der Waals surface area contributed by atoms with Gasteiger partial charge in [0.1, 0.15) is 6.10 Å². The van der Waals surface area contributed by atoms with Crippen molar-refractivity contribution in [3.63, 3.8) is 0 Å². The molecule has 0 bridgehead atoms. The van der Waals surface area contributed by atoms with E-state index in [1.54, 1.807) is 18.6 Å². The normalized spacial score (nSPS) is 21.2. The molecule has 0 aromatic carbocycles. The number of hydrogen-bond donors (Lipinski definition) is 2. The van der Waals surface area contributed by atoms with Crippen LogP contribution in [0.15, 0.2) is 42.9 Å². The van der Waals surface area contributed by atoms with E-state index in [-0.39, 0.29) is 11.7 Å². The summed E-state index contributed by atoms with van der Waals surface area (Å²) in [5.74, 6) is -4.07. The van der Waals surface area contributed by atoms with Crippen LogP contribution in [-0.2, 0) is 14.3 Å². The van der Waals surface area contributed by atoms with Crippen LogP contribution >= 0.6 is 0 Å². The largest absolute Gasteiger partial charge is 0.490 e. The maximum absolute atomic E-state index is 10.6. The fourth-order valence-corrected chi connectivity index (χ4v) is 3.47. The van der Waals surface area contributed by atoms with E-state index in [1.165, 1.54) is 0 Å². The predicted octanol–water partition coefficient (Wildman–Crippen LogP) is 3.35. The first-order chi connectivity index (χ1) is 17.2. The van der Waals surface area contributed by atoms with Gasteiger partial charge in [0.2, 0.25) is 11.8 Å². The molecule has 0 aliphatic carbocycles. The number of aromatic nitrogens is 3. The smallest absolute Gasteiger partial charge is 0.475 e. The third-order valence-corrected chi connectivity index (χ3v) is 4.96. The predicted molar refractivity (Wildman–Crippen MR) is 113 cm³/mol. The van der Waals surface area contributed by atoms with Gasteiger partial charge in [-0.2, -0.15) is 26.3 Å². The Bertz CT molecular complexity index is 988. The molecule has 0 unspecified atom stereocenters. The molecule has 16 heteroatoms. The molecule has 2 aliphatic heterocycles. The minimum atomic E-state index is -5.08. The van der Waals surface area contributed by atoms with Crippen molar-refractivity contribution in [2.45, 2.75) is 43.3 Å². The summed E-state index contributed by atoms with van der Waals surface area (Å²) in [6, 6.07) is 7.54. The van der Waals surface area contributed by atoms with Gasteiger partial charge in [-0.3, -0.25) is 0 Å². The summed E-state index contributed by atoms with van der Waals surface area (Å²) in [7, 11) is 0. The number of rotatable bonds is 3. The van der Waals surface area contributed by atoms with Crippen LogP contribution in [0, 0.1) is 0 Å². The molecule has 204 valence electrons. The molecule has 2 atom stereocenters. The summed E-state index contributed by atoms with van der Waals surface area (Å²) in [5, 5.41) is 14.2. The fraction of sp³-hybridized carbons (Fsp3) is 0.476. The Kier molecular flexibility index (Phi) is 9.99. The molecule has 2 aromatic heterocycles. The minimum Gasteiger partial charge on any atom is -0.475 e. The number of pyridine rings is 1. The first-order valence-corrected chi connectivity index (χ1v) is 10.6. The summed E-state index contributed by atoms with van der Waals surface area (Å²) in [6.45, 7) is 2.40. The molecule has 37 heavy (non-hydrogen) atoms. The van der Waals surface area contributed by atoms with Gasteiger partial charge in [0.25, 0.3) is 0 Å². The summed E-state index contributed by atoms with van der Waals surface area (Å²) in [6.07, 6.45) is -1.78. The Morgan fingerprint density at radius 2 is 1.54 bits per heavy atom. The highest BCUT2D eigenvalue weighted by atomic mass is 19.4. The minimum absolute atomic E-state index is 0.0570. The van der Waals surface area contributed by atoms with Crippen molar-refractivity contribution in [3.8, 4) is 5.88 Å². The quantitative estimate of drug-likeness (QED) is 0.558. The molecule has 0 radical (unpaired) electrons. The maximum atomic E-state index is 10.6. The van der Waals surface area contributed by atoms with Crippen LogP contribution in [0.1, 0.15) is 19.3 Å². The molecular weight excluding hydrogens is 518 g/mol. The lowest BCUT2D eigenvalue weighted by molar-refractivity contribution is -0.193. The van der Waals surface area contributed by atoms with Gasteiger partial charge in [0.05, 0.1) is 12.2 Å². The van der Waals surface area contributed by atoms with Gasteiger partial charge in [0, 0.05) is 44.2 Å². The van der Waals surface area contributed by atoms with Gasteiger partial charge in [-0.05, 0) is 25.0 Å². The van der Waals surface area contributed by atoms with Gasteiger partial charge >= 0.3 is 24.3 Å². The Balaban J connectivity index is 0.000000286. The third-order valence-electron chi connectivity index (χ3n) is 4.96. The summed E-state index contributed by atoms with van der Waals surface area (Å²) in [4.78, 5) is 33.0. The zero-order valence-corrected chi connectivity index (χ0v) is 18.9. The first kappa shape index (κ1) is 29.5. The molecule has 2 aromatic rings. The molecular formula is C21H22F6N4O6. The first-order valence-electron chi connectivity index (χ1n) is 10.6. The van der Waals surface area contributed by atoms with Crippen LogP contribution in [-0.4, -0.2) is 80.9 Å². The average Bonchev–Trinajstić information content (AvgIpc) is 3.21. The second-order valence-electron chi connectivity index (χ2n) is 7.79. The van der Waals surface area contributed by atoms with E-state index in [2.05, 4.69) is 19.9 Å². The lowest BCUT2D eigenvalue weighted by Crippen LogP contribution is -2.48. The molecule has 2 N–H and O–H groups in total. The van der Waals surface area contributed by atoms with Crippen LogP contribution < -0.4 is 9.64 Å². The standard InChI is InChI=1S/C17H20N4O2.2C2HF3O2/c1-2-7-18-15(5-1)23-14-11-17(22-12-14)6-3-10-21(13-17)16-19-8-4-9-20-16;2*3-2(4,5)1(6)7/h1-2,4-5,7-9,14H,3,6,10-13H2;2*(H,6,7)/t14-,17+;;/m1../s1. The van der Waals surface area contributed by atoms with Crippen molar-refractivity contribution in [2.75, 3.05) is 24.6 Å². The van der Waals surface area contributed by atoms with E-state index < -0.39 is 24.3 Å². The summed E-state index contributed by atoms with van der Waals surface area (Å²) < 4.78 is 75.6. The van der Waals surface area contributed by atoms with Gasteiger partial charge in [0.15, 0.2) is 0 Å². The topological polar surface area (TPSA) is 135 Å². The Hall–Kier alpha value is -3.69. The molecule has 2 aliphatic rings. The van der Waals surface area contributed by atoms with Crippen LogP contribution in [0.25, 0.3) is 0 Å². The number of alkyl halides is 6. The second-order valence-corrected chi connectivity index (χ2v) is 7.79. The number of carboxylic acid groups (broad SMARTS) is 2. The van der Waals surface area contributed by atoms with Gasteiger partial charge < -0.3 is 24.6 Å². The SMILES string of the molecule is O=C(O)C(F)(F)F.O=C(O)C(F)(F)F.c1ccc(O[C@H]2CO[C@@]3(CCCN(c4ncccn4)C3)C2)nc1. The molecule has 2 saturated heterocycles. The van der Waals surface area contributed by atoms with Crippen LogP contribution in [0.3, 0.4) is 0 Å². The van der Waals surface area contributed by atoms with Crippen molar-refractivity contribution in [1.82, 2.24) is 15.0 Å². The Labute approximate surface area is 205 Å². The van der Waals surface area contributed by atoms with Crippen molar-refractivity contribution in [2.24, 2.45) is 0 Å². The molecule has 0 amide bonds. The third kappa shape index (κ3) is 9.70. The number of nitrogens with zero attached hydrogens (tertiary/aromatic N) is 4. The lowest BCUT2D eigenvalue weighted by Gasteiger charge is -2.39. The number of halogens is 6. The highest BCUT2D eigenvalue weighted by molar-refractivity contribution is 5.73. The second kappa shape index (κ2) is 12.5. The Morgan fingerprint density at radius 3 is 2.05 bits per heavy atom. The van der Waals surface area contributed by atoms with Crippen molar-refractivity contribution >= 4 is 17.9 Å². The van der Waals surface area contributed by atoms with Gasteiger partial charge in [-0.15, -0.1) is 0 Å². The molecule has 4 heterocycles. The number of carbonyl (C=O) groups is 2. The summed E-state index contributed by atoms with van der Waals surface area (Å²) in [5.41, 5.74) is -0.156. The van der Waals surface area contributed by atoms with E-state index in [9.17, 15) is 26.3 Å². The summed E-state index contributed by atoms with van der Waals surface area (Å²) >= 11 is 0. The number of piperidine rings is 1. The van der Waals surface area contributed by atoms with Gasteiger partial charge in [-0.25, -0.2) is 24.5 Å². The van der Waals surface area contributed by atoms with Crippen LogP contribution in [0.5, 0.6) is 5.88 Å². The number of hydrogen-bond acceptors (Lipinski definition) is 8. The zero-order valence-electron chi connectivity index (χ0n) is 18.9. The highest BCUT2D eigenvalue weighted by Gasteiger charge is 2.45. The zero-order chi connectivity index (χ0) is 27.7. The van der Waals surface area contributed by atoms with E-state index >= 15 is 0 Å². The molecule has 4 rings (SSSR count). The average molecular weight is 540 g/mol. The molecule has 1 spiro atoms. The molecule has 10 nitrogen and oxygen atoms in total. The van der Waals surface area contributed by atoms with E-state index in [4.69, 9.17) is 29.3 Å². The highest BCUT2D eigenvalue weighted by Crippen LogP contribution is 2.36. The van der Waals surface area contributed by atoms with Crippen molar-refractivity contribution in [3.05, 3.63) is 42.9 Å². The molecule has 0 saturated carbocycles. The fourth-order valence-electron chi connectivity index (χ4n) is 3.47. The van der Waals surface area contributed by atoms with E-state index in [1.807, 2.05) is 24.3 Å². The Morgan fingerprint density at radius 1 is 0.973 bits per heavy atom. The monoisotopic (exact) mass is 540 g/mol. The van der Waals surface area contributed by atoms with E-state index in [0.29, 0.717) is 12.5 Å². The van der Waals surface area contributed by atoms with Gasteiger partial charge in [-0.1, -0.05) is 6.07 Å². The number of aliphatic carboxylic acids is 2. The van der Waals surface area contributed by atoms with E-state index in [0.717, 1.165) is 38.3 Å².